The number of fused-ring (bicyclic) bond motifs is 1. The highest BCUT2D eigenvalue weighted by Gasteiger charge is 2.17. The van der Waals surface area contributed by atoms with Crippen molar-refractivity contribution < 1.29 is 14.3 Å². The van der Waals surface area contributed by atoms with Gasteiger partial charge in [0.1, 0.15) is 17.4 Å². The number of hydrogen-bond acceptors (Lipinski definition) is 4. The smallest absolute Gasteiger partial charge is 0.343 e. The molecule has 0 aliphatic rings. The predicted molar refractivity (Wildman–Crippen MR) is 71.0 cm³/mol. The normalized spacial score (nSPS) is 11.6. The highest BCUT2D eigenvalue weighted by molar-refractivity contribution is 5.98. The molecule has 0 amide bonds. The van der Waals surface area contributed by atoms with Crippen LogP contribution in [0.3, 0.4) is 0 Å². The molecule has 4 heteroatoms. The molecule has 0 spiro atoms. The summed E-state index contributed by atoms with van der Waals surface area (Å²) in [6.45, 7) is 1.52. The average molecular weight is 255 g/mol. The summed E-state index contributed by atoms with van der Waals surface area (Å²) < 4.78 is 10.2. The van der Waals surface area contributed by atoms with Gasteiger partial charge in [0.2, 0.25) is 0 Å². The number of methoxy groups -OCH3 is 1. The van der Waals surface area contributed by atoms with Crippen LogP contribution >= 0.6 is 0 Å². The van der Waals surface area contributed by atoms with Crippen molar-refractivity contribution in [3.05, 3.63) is 42.0 Å². The summed E-state index contributed by atoms with van der Waals surface area (Å²) in [5, 5.41) is 10.6. The largest absolute Gasteiger partial charge is 0.496 e. The van der Waals surface area contributed by atoms with Crippen LogP contribution in [0.15, 0.2) is 36.4 Å². The fourth-order valence-electron chi connectivity index (χ4n) is 1.80. The van der Waals surface area contributed by atoms with Crippen molar-refractivity contribution in [2.24, 2.45) is 0 Å². The minimum Gasteiger partial charge on any atom is -0.496 e. The van der Waals surface area contributed by atoms with E-state index in [4.69, 9.17) is 14.7 Å². The van der Waals surface area contributed by atoms with Gasteiger partial charge >= 0.3 is 5.97 Å². The van der Waals surface area contributed by atoms with E-state index in [0.29, 0.717) is 11.3 Å². The molecule has 19 heavy (non-hydrogen) atoms. The van der Waals surface area contributed by atoms with Crippen molar-refractivity contribution in [3.8, 4) is 11.8 Å². The monoisotopic (exact) mass is 255 g/mol. The van der Waals surface area contributed by atoms with Gasteiger partial charge < -0.3 is 9.47 Å². The second-order valence-corrected chi connectivity index (χ2v) is 4.08. The Labute approximate surface area is 111 Å². The summed E-state index contributed by atoms with van der Waals surface area (Å²) >= 11 is 0. The summed E-state index contributed by atoms with van der Waals surface area (Å²) in [5.74, 6) is -0.120. The molecule has 0 unspecified atom stereocenters. The van der Waals surface area contributed by atoms with E-state index in [9.17, 15) is 4.79 Å². The highest BCUT2D eigenvalue weighted by atomic mass is 16.5. The van der Waals surface area contributed by atoms with Crippen molar-refractivity contribution in [1.82, 2.24) is 0 Å². The molecule has 0 bridgehead atoms. The van der Waals surface area contributed by atoms with Crippen LogP contribution in [0.1, 0.15) is 17.3 Å². The van der Waals surface area contributed by atoms with E-state index in [1.165, 1.54) is 14.0 Å². The van der Waals surface area contributed by atoms with E-state index in [1.807, 2.05) is 30.3 Å². The quantitative estimate of drug-likeness (QED) is 0.791. The number of ether oxygens (including phenoxy) is 2. The number of nitrogens with zero attached hydrogens (tertiary/aromatic N) is 1. The molecule has 1 atom stereocenters. The Morgan fingerprint density at radius 1 is 1.26 bits per heavy atom. The topological polar surface area (TPSA) is 59.3 Å². The summed E-state index contributed by atoms with van der Waals surface area (Å²) in [6, 6.07) is 13.0. The highest BCUT2D eigenvalue weighted by Crippen LogP contribution is 2.26. The van der Waals surface area contributed by atoms with Gasteiger partial charge in [-0.2, -0.15) is 5.26 Å². The van der Waals surface area contributed by atoms with Crippen LogP contribution in [0.4, 0.5) is 0 Å². The molecule has 2 aromatic carbocycles. The lowest BCUT2D eigenvalue weighted by atomic mass is 10.1. The first-order valence-corrected chi connectivity index (χ1v) is 5.83. The molecular formula is C15H13NO3. The van der Waals surface area contributed by atoms with E-state index in [1.54, 1.807) is 12.1 Å². The molecule has 0 aromatic heterocycles. The Kier molecular flexibility index (Phi) is 3.67. The van der Waals surface area contributed by atoms with Crippen molar-refractivity contribution in [3.63, 3.8) is 0 Å². The molecular weight excluding hydrogens is 242 g/mol. The van der Waals surface area contributed by atoms with Gasteiger partial charge in [0, 0.05) is 0 Å². The third kappa shape index (κ3) is 2.66. The van der Waals surface area contributed by atoms with Crippen molar-refractivity contribution in [2.75, 3.05) is 7.11 Å². The molecule has 2 aromatic rings. The van der Waals surface area contributed by atoms with Crippen LogP contribution in [0.25, 0.3) is 10.8 Å². The molecule has 0 aliphatic heterocycles. The second-order valence-electron chi connectivity index (χ2n) is 4.08. The molecule has 0 saturated heterocycles. The number of rotatable bonds is 3. The third-order valence-electron chi connectivity index (χ3n) is 2.75. The van der Waals surface area contributed by atoms with Crippen LogP contribution in [-0.2, 0) is 4.74 Å². The fraction of sp³-hybridized carbons (Fsp3) is 0.200. The number of benzene rings is 2. The van der Waals surface area contributed by atoms with Crippen molar-refractivity contribution in [2.45, 2.75) is 13.0 Å². The van der Waals surface area contributed by atoms with E-state index in [0.717, 1.165) is 10.8 Å². The number of nitriles is 1. The SMILES string of the molecule is COc1cc2ccccc2cc1C(=O)O[C@H](C)C#N. The number of carbonyl (C=O) groups is 1. The van der Waals surface area contributed by atoms with Gasteiger partial charge in [-0.25, -0.2) is 4.79 Å². The van der Waals surface area contributed by atoms with E-state index < -0.39 is 12.1 Å². The van der Waals surface area contributed by atoms with Gasteiger partial charge in [0.05, 0.1) is 7.11 Å². The standard InChI is InChI=1S/C15H13NO3/c1-10(9-16)19-15(17)13-7-11-5-3-4-6-12(11)8-14(13)18-2/h3-8,10H,1-2H3/t10-/m1/s1. The van der Waals surface area contributed by atoms with Crippen LogP contribution in [0, 0.1) is 11.3 Å². The lowest BCUT2D eigenvalue weighted by Crippen LogP contribution is -2.14. The molecule has 96 valence electrons. The van der Waals surface area contributed by atoms with Crippen LogP contribution in [0.2, 0.25) is 0 Å². The molecule has 2 rings (SSSR count). The van der Waals surface area contributed by atoms with Gasteiger partial charge in [0.25, 0.3) is 0 Å². The Morgan fingerprint density at radius 3 is 2.47 bits per heavy atom. The maximum absolute atomic E-state index is 12.0. The fourth-order valence-corrected chi connectivity index (χ4v) is 1.80. The second kappa shape index (κ2) is 5.40. The first kappa shape index (κ1) is 12.9. The van der Waals surface area contributed by atoms with Crippen LogP contribution < -0.4 is 4.74 Å². The molecule has 0 fully saturated rings. The first-order chi connectivity index (χ1) is 9.15. The molecule has 0 aliphatic carbocycles. The zero-order chi connectivity index (χ0) is 13.8. The van der Waals surface area contributed by atoms with Gasteiger partial charge in [-0.3, -0.25) is 0 Å². The van der Waals surface area contributed by atoms with Crippen LogP contribution in [0.5, 0.6) is 5.75 Å². The molecule has 0 N–H and O–H groups in total. The van der Waals surface area contributed by atoms with E-state index in [2.05, 4.69) is 0 Å². The van der Waals surface area contributed by atoms with E-state index >= 15 is 0 Å². The number of esters is 1. The zero-order valence-corrected chi connectivity index (χ0v) is 10.7. The number of hydrogen-bond donors (Lipinski definition) is 0. The van der Waals surface area contributed by atoms with Gasteiger partial charge in [-0.1, -0.05) is 24.3 Å². The van der Waals surface area contributed by atoms with Crippen LogP contribution in [-0.4, -0.2) is 19.2 Å². The van der Waals surface area contributed by atoms with Gasteiger partial charge in [-0.15, -0.1) is 0 Å². The Morgan fingerprint density at radius 2 is 1.89 bits per heavy atom. The molecule has 0 heterocycles. The van der Waals surface area contributed by atoms with Gasteiger partial charge in [0.15, 0.2) is 6.10 Å². The molecule has 4 nitrogen and oxygen atoms in total. The maximum atomic E-state index is 12.0. The zero-order valence-electron chi connectivity index (χ0n) is 10.7. The molecule has 0 radical (unpaired) electrons. The summed E-state index contributed by atoms with van der Waals surface area (Å²) in [7, 11) is 1.49. The first-order valence-electron chi connectivity index (χ1n) is 5.83. The maximum Gasteiger partial charge on any atom is 0.343 e. The summed E-state index contributed by atoms with van der Waals surface area (Å²) in [5.41, 5.74) is 0.322. The van der Waals surface area contributed by atoms with Crippen molar-refractivity contribution >= 4 is 16.7 Å². The lowest BCUT2D eigenvalue weighted by molar-refractivity contribution is 0.0432. The minimum atomic E-state index is -0.788. The Hall–Kier alpha value is -2.54. The summed E-state index contributed by atoms with van der Waals surface area (Å²) in [6.07, 6.45) is -0.788. The van der Waals surface area contributed by atoms with E-state index in [-0.39, 0.29) is 0 Å². The van der Waals surface area contributed by atoms with Crippen molar-refractivity contribution in [1.29, 1.82) is 5.26 Å². The third-order valence-corrected chi connectivity index (χ3v) is 2.75. The lowest BCUT2D eigenvalue weighted by Gasteiger charge is -2.11. The predicted octanol–water partition coefficient (Wildman–Crippen LogP) is 2.92. The minimum absolute atomic E-state index is 0.322. The number of carbonyl (C=O) groups excluding carboxylic acids is 1. The molecule has 0 saturated carbocycles. The van der Waals surface area contributed by atoms with Gasteiger partial charge in [-0.05, 0) is 29.8 Å². The Bertz CT molecular complexity index is 658. The Balaban J connectivity index is 2.46. The summed E-state index contributed by atoms with van der Waals surface area (Å²) in [4.78, 5) is 12.0. The average Bonchev–Trinajstić information content (AvgIpc) is 2.45.